The lowest BCUT2D eigenvalue weighted by atomic mass is 10.4. The van der Waals surface area contributed by atoms with E-state index >= 15 is 0 Å². The number of methoxy groups -OCH3 is 1. The van der Waals surface area contributed by atoms with Crippen molar-refractivity contribution in [3.05, 3.63) is 17.0 Å². The van der Waals surface area contributed by atoms with E-state index in [0.717, 1.165) is 11.3 Å². The second-order valence-corrected chi connectivity index (χ2v) is 7.32. The van der Waals surface area contributed by atoms with Crippen LogP contribution in [0.25, 0.3) is 0 Å². The Hall–Kier alpha value is -0.920. The Morgan fingerprint density at radius 2 is 2.05 bits per heavy atom. The zero-order valence-corrected chi connectivity index (χ0v) is 13.0. The third-order valence-corrected chi connectivity index (χ3v) is 6.13. The van der Waals surface area contributed by atoms with Crippen molar-refractivity contribution in [2.75, 3.05) is 20.2 Å². The molecule has 0 aliphatic carbocycles. The Balaban J connectivity index is 3.01. The highest BCUT2D eigenvalue weighted by molar-refractivity contribution is 7.91. The van der Waals surface area contributed by atoms with Crippen molar-refractivity contribution in [2.45, 2.75) is 30.9 Å². The van der Waals surface area contributed by atoms with E-state index in [9.17, 15) is 13.2 Å². The van der Waals surface area contributed by atoms with E-state index in [1.807, 2.05) is 13.8 Å². The van der Waals surface area contributed by atoms with Gasteiger partial charge < -0.3 is 4.74 Å². The third kappa shape index (κ3) is 4.02. The maximum absolute atomic E-state index is 12.4. The van der Waals surface area contributed by atoms with Crippen LogP contribution in [0.15, 0.2) is 16.3 Å². The molecule has 0 spiro atoms. The van der Waals surface area contributed by atoms with Gasteiger partial charge in [0.1, 0.15) is 10.8 Å². The molecule has 0 atom stereocenters. The molecule has 5 nitrogen and oxygen atoms in total. The summed E-state index contributed by atoms with van der Waals surface area (Å²) in [5.74, 6) is -0.552. The van der Waals surface area contributed by atoms with Crippen molar-refractivity contribution in [2.24, 2.45) is 0 Å². The zero-order valence-electron chi connectivity index (χ0n) is 11.4. The molecule has 0 bridgehead atoms. The van der Waals surface area contributed by atoms with Crippen molar-refractivity contribution in [1.29, 1.82) is 0 Å². The van der Waals surface area contributed by atoms with E-state index in [2.05, 4.69) is 4.74 Å². The maximum atomic E-state index is 12.4. The molecule has 0 aliphatic rings. The number of carbonyl (C=O) groups excluding carboxylic acids is 1. The first-order valence-corrected chi connectivity index (χ1v) is 8.37. The second kappa shape index (κ2) is 7.02. The van der Waals surface area contributed by atoms with Gasteiger partial charge in [0.25, 0.3) is 10.0 Å². The van der Waals surface area contributed by atoms with Crippen LogP contribution < -0.4 is 0 Å². The van der Waals surface area contributed by atoms with Crippen molar-refractivity contribution in [3.63, 3.8) is 0 Å². The molecule has 7 heteroatoms. The number of aryl methyl sites for hydroxylation is 1. The highest BCUT2D eigenvalue weighted by Gasteiger charge is 2.27. The van der Waals surface area contributed by atoms with Crippen LogP contribution in [0.5, 0.6) is 0 Å². The fourth-order valence-corrected chi connectivity index (χ4v) is 4.48. The van der Waals surface area contributed by atoms with Crippen LogP contribution in [0, 0.1) is 0 Å². The van der Waals surface area contributed by atoms with Crippen molar-refractivity contribution < 1.29 is 17.9 Å². The van der Waals surface area contributed by atoms with Gasteiger partial charge >= 0.3 is 5.97 Å². The van der Waals surface area contributed by atoms with Crippen LogP contribution in [-0.2, 0) is 26.0 Å². The Morgan fingerprint density at radius 1 is 1.37 bits per heavy atom. The van der Waals surface area contributed by atoms with Gasteiger partial charge in [-0.25, -0.2) is 8.42 Å². The maximum Gasteiger partial charge on any atom is 0.321 e. The summed E-state index contributed by atoms with van der Waals surface area (Å²) in [4.78, 5) is 12.3. The summed E-state index contributed by atoms with van der Waals surface area (Å²) in [5.41, 5.74) is 0. The average Bonchev–Trinajstić information content (AvgIpc) is 2.87. The molecule has 0 fully saturated rings. The first kappa shape index (κ1) is 16.1. The number of nitrogens with zero attached hydrogens (tertiary/aromatic N) is 1. The van der Waals surface area contributed by atoms with Gasteiger partial charge in [0.05, 0.1) is 7.11 Å². The van der Waals surface area contributed by atoms with Gasteiger partial charge in [-0.05, 0) is 25.0 Å². The molecule has 0 saturated heterocycles. The normalized spacial score (nSPS) is 11.8. The molecule has 0 saturated carbocycles. The molecule has 0 aliphatic heterocycles. The molecule has 1 heterocycles. The zero-order chi connectivity index (χ0) is 14.5. The largest absolute Gasteiger partial charge is 0.468 e. The predicted molar refractivity (Wildman–Crippen MR) is 74.8 cm³/mol. The number of carbonyl (C=O) groups is 1. The Kier molecular flexibility index (Phi) is 5.96. The third-order valence-electron chi connectivity index (χ3n) is 2.59. The summed E-state index contributed by atoms with van der Waals surface area (Å²) < 4.78 is 30.9. The topological polar surface area (TPSA) is 63.7 Å². The average molecular weight is 305 g/mol. The minimum absolute atomic E-state index is 0.244. The smallest absolute Gasteiger partial charge is 0.321 e. The summed E-state index contributed by atoms with van der Waals surface area (Å²) in [6.45, 7) is 3.90. The number of rotatable bonds is 7. The highest BCUT2D eigenvalue weighted by Crippen LogP contribution is 2.25. The fraction of sp³-hybridized carbons (Fsp3) is 0.583. The van der Waals surface area contributed by atoms with E-state index in [0.29, 0.717) is 13.0 Å². The molecule has 0 radical (unpaired) electrons. The van der Waals surface area contributed by atoms with E-state index in [-0.39, 0.29) is 10.8 Å². The molecule has 1 aromatic rings. The monoisotopic (exact) mass is 305 g/mol. The predicted octanol–water partition coefficient (Wildman–Crippen LogP) is 1.88. The lowest BCUT2D eigenvalue weighted by Gasteiger charge is -2.19. The van der Waals surface area contributed by atoms with Gasteiger partial charge in [-0.1, -0.05) is 13.8 Å². The van der Waals surface area contributed by atoms with Gasteiger partial charge in [-0.15, -0.1) is 11.3 Å². The minimum atomic E-state index is -3.61. The van der Waals surface area contributed by atoms with Crippen LogP contribution in [0.2, 0.25) is 0 Å². The van der Waals surface area contributed by atoms with Gasteiger partial charge in [0.2, 0.25) is 0 Å². The van der Waals surface area contributed by atoms with E-state index in [4.69, 9.17) is 0 Å². The Morgan fingerprint density at radius 3 is 2.53 bits per heavy atom. The Bertz CT molecular complexity index is 522. The van der Waals surface area contributed by atoms with Crippen LogP contribution in [0.1, 0.15) is 25.1 Å². The lowest BCUT2D eigenvalue weighted by molar-refractivity contribution is -0.140. The first-order valence-electron chi connectivity index (χ1n) is 6.11. The molecule has 0 unspecified atom stereocenters. The summed E-state index contributed by atoms with van der Waals surface area (Å²) in [7, 11) is -2.36. The van der Waals surface area contributed by atoms with Gasteiger partial charge in [-0.3, -0.25) is 4.79 Å². The van der Waals surface area contributed by atoms with Crippen molar-refractivity contribution >= 4 is 27.3 Å². The molecule has 0 amide bonds. The molecule has 1 rings (SSSR count). The number of hydrogen-bond acceptors (Lipinski definition) is 5. The summed E-state index contributed by atoms with van der Waals surface area (Å²) in [6, 6.07) is 3.40. The number of ether oxygens (including phenoxy) is 1. The molecular weight excluding hydrogens is 286 g/mol. The highest BCUT2D eigenvalue weighted by atomic mass is 32.2. The molecule has 19 heavy (non-hydrogen) atoms. The van der Waals surface area contributed by atoms with E-state index in [1.54, 1.807) is 12.1 Å². The molecule has 0 aromatic carbocycles. The number of sulfonamides is 1. The summed E-state index contributed by atoms with van der Waals surface area (Å²) in [5, 5.41) is 0. The van der Waals surface area contributed by atoms with E-state index < -0.39 is 16.0 Å². The standard InChI is InChI=1S/C12H19NO4S2/c1-4-8-13(9-11(14)17-3)19(15,16)12-7-6-10(5-2)18-12/h6-7H,4-5,8-9H2,1-3H3. The first-order chi connectivity index (χ1) is 8.95. The number of thiophene rings is 1. The number of hydrogen-bond donors (Lipinski definition) is 0. The Labute approximate surface area is 118 Å². The molecule has 0 N–H and O–H groups in total. The van der Waals surface area contributed by atoms with Crippen LogP contribution in [-0.4, -0.2) is 38.9 Å². The quantitative estimate of drug-likeness (QED) is 0.722. The number of esters is 1. The lowest BCUT2D eigenvalue weighted by Crippen LogP contribution is -2.36. The van der Waals surface area contributed by atoms with E-state index in [1.165, 1.54) is 22.8 Å². The van der Waals surface area contributed by atoms with Crippen LogP contribution in [0.4, 0.5) is 0 Å². The van der Waals surface area contributed by atoms with Crippen molar-refractivity contribution in [1.82, 2.24) is 4.31 Å². The minimum Gasteiger partial charge on any atom is -0.468 e. The van der Waals surface area contributed by atoms with Crippen LogP contribution in [0.3, 0.4) is 0 Å². The summed E-state index contributed by atoms with van der Waals surface area (Å²) >= 11 is 1.25. The summed E-state index contributed by atoms with van der Waals surface area (Å²) in [6.07, 6.45) is 1.44. The molecule has 108 valence electrons. The second-order valence-electron chi connectivity index (χ2n) is 3.99. The molecule has 1 aromatic heterocycles. The van der Waals surface area contributed by atoms with Gasteiger partial charge in [-0.2, -0.15) is 4.31 Å². The van der Waals surface area contributed by atoms with Crippen LogP contribution >= 0.6 is 11.3 Å². The van der Waals surface area contributed by atoms with Gasteiger partial charge in [0.15, 0.2) is 0 Å². The van der Waals surface area contributed by atoms with Gasteiger partial charge in [0, 0.05) is 11.4 Å². The molecular formula is C12H19NO4S2. The SMILES string of the molecule is CCCN(CC(=O)OC)S(=O)(=O)c1ccc(CC)s1. The fourth-order valence-electron chi connectivity index (χ4n) is 1.56. The van der Waals surface area contributed by atoms with Crippen molar-refractivity contribution in [3.8, 4) is 0 Å².